The third kappa shape index (κ3) is 4.86. The van der Waals surface area contributed by atoms with Crippen molar-refractivity contribution in [3.05, 3.63) is 28.2 Å². The van der Waals surface area contributed by atoms with E-state index in [0.717, 1.165) is 4.47 Å². The summed E-state index contributed by atoms with van der Waals surface area (Å²) >= 11 is 3.27. The van der Waals surface area contributed by atoms with Crippen molar-refractivity contribution in [1.82, 2.24) is 0 Å². The largest absolute Gasteiger partial charge is 0.494 e. The van der Waals surface area contributed by atoms with Gasteiger partial charge in [0.25, 0.3) is 0 Å². The Balaban J connectivity index is 2.82. The van der Waals surface area contributed by atoms with E-state index in [4.69, 9.17) is 10.5 Å². The van der Waals surface area contributed by atoms with E-state index < -0.39 is 18.6 Å². The Bertz CT molecular complexity index is 395. The summed E-state index contributed by atoms with van der Waals surface area (Å²) in [4.78, 5) is 0. The smallest absolute Gasteiger partial charge is 0.389 e. The van der Waals surface area contributed by atoms with Crippen molar-refractivity contribution in [3.63, 3.8) is 0 Å². The summed E-state index contributed by atoms with van der Waals surface area (Å²) in [6.45, 7) is 2.26. The minimum absolute atomic E-state index is 0.153. The summed E-state index contributed by atoms with van der Waals surface area (Å²) in [5.74, 6) is 0.537. The molecule has 0 saturated heterocycles. The van der Waals surface area contributed by atoms with Crippen LogP contribution >= 0.6 is 15.9 Å². The average Bonchev–Trinajstić information content (AvgIpc) is 2.27. The second-order valence-electron chi connectivity index (χ2n) is 3.88. The van der Waals surface area contributed by atoms with Gasteiger partial charge in [-0.3, -0.25) is 0 Å². The summed E-state index contributed by atoms with van der Waals surface area (Å²) < 4.78 is 42.6. The fourth-order valence-electron chi connectivity index (χ4n) is 1.57. The number of benzene rings is 1. The van der Waals surface area contributed by atoms with Gasteiger partial charge in [-0.25, -0.2) is 0 Å². The molecule has 0 bridgehead atoms. The highest BCUT2D eigenvalue weighted by molar-refractivity contribution is 9.10. The lowest BCUT2D eigenvalue weighted by atomic mass is 10.0. The Morgan fingerprint density at radius 2 is 2.06 bits per heavy atom. The Morgan fingerprint density at radius 1 is 1.39 bits per heavy atom. The number of alkyl halides is 3. The van der Waals surface area contributed by atoms with Crippen molar-refractivity contribution >= 4 is 15.9 Å². The monoisotopic (exact) mass is 325 g/mol. The predicted molar refractivity (Wildman–Crippen MR) is 67.5 cm³/mol. The molecule has 0 aliphatic rings. The van der Waals surface area contributed by atoms with E-state index in [1.165, 1.54) is 0 Å². The maximum Gasteiger partial charge on any atom is 0.389 e. The normalized spacial score (nSPS) is 13.4. The van der Waals surface area contributed by atoms with Gasteiger partial charge >= 0.3 is 6.18 Å². The van der Waals surface area contributed by atoms with Gasteiger partial charge in [-0.2, -0.15) is 13.2 Å². The molecule has 18 heavy (non-hydrogen) atoms. The number of hydrogen-bond acceptors (Lipinski definition) is 2. The molecule has 0 radical (unpaired) electrons. The van der Waals surface area contributed by atoms with E-state index in [-0.39, 0.29) is 6.42 Å². The number of ether oxygens (including phenoxy) is 1. The maximum atomic E-state index is 12.2. The van der Waals surface area contributed by atoms with E-state index in [2.05, 4.69) is 15.9 Å². The van der Waals surface area contributed by atoms with Crippen LogP contribution in [0, 0.1) is 0 Å². The number of hydrogen-bond donors (Lipinski definition) is 1. The molecule has 6 heteroatoms. The van der Waals surface area contributed by atoms with Gasteiger partial charge in [0.1, 0.15) is 5.75 Å². The summed E-state index contributed by atoms with van der Waals surface area (Å²) in [5.41, 5.74) is 6.39. The Morgan fingerprint density at radius 3 is 2.61 bits per heavy atom. The van der Waals surface area contributed by atoms with Crippen LogP contribution in [0.5, 0.6) is 5.75 Å². The van der Waals surface area contributed by atoms with Crippen LogP contribution < -0.4 is 10.5 Å². The van der Waals surface area contributed by atoms with Gasteiger partial charge < -0.3 is 10.5 Å². The van der Waals surface area contributed by atoms with E-state index in [9.17, 15) is 13.2 Å². The zero-order chi connectivity index (χ0) is 13.8. The molecule has 0 spiro atoms. The van der Waals surface area contributed by atoms with Crippen LogP contribution in [0.15, 0.2) is 22.7 Å². The molecule has 1 atom stereocenters. The quantitative estimate of drug-likeness (QED) is 0.880. The van der Waals surface area contributed by atoms with Gasteiger partial charge in [0, 0.05) is 22.5 Å². The second kappa shape index (κ2) is 6.43. The minimum Gasteiger partial charge on any atom is -0.494 e. The molecule has 2 nitrogen and oxygen atoms in total. The van der Waals surface area contributed by atoms with Crippen molar-refractivity contribution in [2.24, 2.45) is 5.73 Å². The van der Waals surface area contributed by atoms with Gasteiger partial charge in [-0.1, -0.05) is 15.9 Å². The Kier molecular flexibility index (Phi) is 5.47. The molecule has 1 aromatic rings. The van der Waals surface area contributed by atoms with Gasteiger partial charge in [-0.15, -0.1) is 0 Å². The predicted octanol–water partition coefficient (Wildman–Crippen LogP) is 4.19. The summed E-state index contributed by atoms with van der Waals surface area (Å²) in [5, 5.41) is 0. The molecule has 0 heterocycles. The molecule has 102 valence electrons. The van der Waals surface area contributed by atoms with Gasteiger partial charge in [0.2, 0.25) is 0 Å². The van der Waals surface area contributed by atoms with E-state index in [1.54, 1.807) is 18.2 Å². The fraction of sp³-hybridized carbons (Fsp3) is 0.500. The van der Waals surface area contributed by atoms with Gasteiger partial charge in [0.05, 0.1) is 6.61 Å². The molecule has 1 rings (SSSR count). The van der Waals surface area contributed by atoms with Crippen LogP contribution in [0.1, 0.15) is 31.4 Å². The third-order valence-corrected chi connectivity index (χ3v) is 2.90. The van der Waals surface area contributed by atoms with Crippen LogP contribution in [0.2, 0.25) is 0 Å². The van der Waals surface area contributed by atoms with Gasteiger partial charge in [0.15, 0.2) is 0 Å². The maximum absolute atomic E-state index is 12.2. The summed E-state index contributed by atoms with van der Waals surface area (Å²) in [7, 11) is 0. The zero-order valence-corrected chi connectivity index (χ0v) is 11.5. The van der Waals surface area contributed by atoms with E-state index in [1.807, 2.05) is 6.92 Å². The number of nitrogens with two attached hydrogens (primary N) is 1. The molecule has 0 saturated carbocycles. The lowest BCUT2D eigenvalue weighted by Crippen LogP contribution is -2.16. The first-order valence-corrected chi connectivity index (χ1v) is 6.37. The van der Waals surface area contributed by atoms with Gasteiger partial charge in [-0.05, 0) is 31.5 Å². The SMILES string of the molecule is CCOc1ccc(Br)cc1[C@@H](N)CCC(F)(F)F. The van der Waals surface area contributed by atoms with Crippen molar-refractivity contribution in [2.75, 3.05) is 6.61 Å². The first-order valence-electron chi connectivity index (χ1n) is 5.58. The third-order valence-electron chi connectivity index (χ3n) is 2.41. The highest BCUT2D eigenvalue weighted by Gasteiger charge is 2.28. The van der Waals surface area contributed by atoms with Crippen LogP contribution in [-0.4, -0.2) is 12.8 Å². The van der Waals surface area contributed by atoms with Crippen LogP contribution in [0.3, 0.4) is 0 Å². The Labute approximate surface area is 112 Å². The molecule has 0 amide bonds. The molecule has 2 N–H and O–H groups in total. The summed E-state index contributed by atoms with van der Waals surface area (Å²) in [6.07, 6.45) is -5.23. The minimum atomic E-state index is -4.19. The lowest BCUT2D eigenvalue weighted by Gasteiger charge is -2.17. The molecule has 0 aliphatic carbocycles. The molecular formula is C12H15BrF3NO. The second-order valence-corrected chi connectivity index (χ2v) is 4.79. The molecule has 0 aromatic heterocycles. The highest BCUT2D eigenvalue weighted by atomic mass is 79.9. The topological polar surface area (TPSA) is 35.2 Å². The molecule has 1 aromatic carbocycles. The zero-order valence-electron chi connectivity index (χ0n) is 9.93. The molecule has 0 aliphatic heterocycles. The number of halogens is 4. The number of rotatable bonds is 5. The highest BCUT2D eigenvalue weighted by Crippen LogP contribution is 2.32. The average molecular weight is 326 g/mol. The van der Waals surface area contributed by atoms with Crippen molar-refractivity contribution in [3.8, 4) is 5.75 Å². The molecular weight excluding hydrogens is 311 g/mol. The fourth-order valence-corrected chi connectivity index (χ4v) is 1.95. The standard InChI is InChI=1S/C12H15BrF3NO/c1-2-18-11-4-3-8(13)7-9(11)10(17)5-6-12(14,15)16/h3-4,7,10H,2,5-6,17H2,1H3/t10-/m0/s1. The van der Waals surface area contributed by atoms with E-state index in [0.29, 0.717) is 17.9 Å². The van der Waals surface area contributed by atoms with Crippen LogP contribution in [-0.2, 0) is 0 Å². The molecule has 0 fully saturated rings. The van der Waals surface area contributed by atoms with E-state index >= 15 is 0 Å². The summed E-state index contributed by atoms with van der Waals surface area (Å²) in [6, 6.07) is 4.48. The van der Waals surface area contributed by atoms with Crippen molar-refractivity contribution in [2.45, 2.75) is 32.0 Å². The first kappa shape index (κ1) is 15.3. The van der Waals surface area contributed by atoms with Crippen LogP contribution in [0.4, 0.5) is 13.2 Å². The first-order chi connectivity index (χ1) is 8.33. The van der Waals surface area contributed by atoms with Crippen molar-refractivity contribution < 1.29 is 17.9 Å². The van der Waals surface area contributed by atoms with Crippen LogP contribution in [0.25, 0.3) is 0 Å². The van der Waals surface area contributed by atoms with Crippen molar-refractivity contribution in [1.29, 1.82) is 0 Å². The Hall–Kier alpha value is -0.750. The molecule has 0 unspecified atom stereocenters. The lowest BCUT2D eigenvalue weighted by molar-refractivity contribution is -0.136.